The third-order valence-corrected chi connectivity index (χ3v) is 2.22. The Hall–Kier alpha value is -1.55. The van der Waals surface area contributed by atoms with Crippen molar-refractivity contribution < 1.29 is 9.21 Å². The summed E-state index contributed by atoms with van der Waals surface area (Å²) in [6, 6.07) is 3.22. The fourth-order valence-corrected chi connectivity index (χ4v) is 1.73. The third kappa shape index (κ3) is 1.94. The summed E-state index contributed by atoms with van der Waals surface area (Å²) in [5.41, 5.74) is 1.55. The molecular weight excluding hydrogens is 218 g/mol. The topological polar surface area (TPSA) is 63.1 Å². The number of nitrogens with one attached hydrogen (secondary N) is 1. The van der Waals surface area contributed by atoms with Crippen LogP contribution in [0.1, 0.15) is 12.5 Å². The molecule has 0 unspecified atom stereocenters. The van der Waals surface area contributed by atoms with Crippen LogP contribution in [0.5, 0.6) is 0 Å². The van der Waals surface area contributed by atoms with Crippen molar-refractivity contribution in [1.82, 2.24) is 4.98 Å². The predicted molar refractivity (Wildman–Crippen MR) is 56.2 cm³/mol. The molecule has 78 valence electrons. The minimum Gasteiger partial charge on any atom is -0.408 e. The zero-order valence-corrected chi connectivity index (χ0v) is 8.72. The van der Waals surface area contributed by atoms with Crippen molar-refractivity contribution in [3.63, 3.8) is 0 Å². The minimum atomic E-state index is -0.544. The average Bonchev–Trinajstić information content (AvgIpc) is 2.44. The van der Waals surface area contributed by atoms with E-state index in [4.69, 9.17) is 16.0 Å². The van der Waals surface area contributed by atoms with Gasteiger partial charge >= 0.3 is 5.76 Å². The van der Waals surface area contributed by atoms with Crippen molar-refractivity contribution in [3.05, 3.63) is 33.3 Å². The quantitative estimate of drug-likeness (QED) is 0.849. The van der Waals surface area contributed by atoms with Crippen LogP contribution in [0.25, 0.3) is 11.1 Å². The number of ketones is 1. The van der Waals surface area contributed by atoms with Crippen LogP contribution in [-0.2, 0) is 11.2 Å². The number of rotatable bonds is 2. The molecule has 2 aromatic rings. The van der Waals surface area contributed by atoms with E-state index >= 15 is 0 Å². The lowest BCUT2D eigenvalue weighted by atomic mass is 10.1. The molecule has 0 saturated heterocycles. The smallest absolute Gasteiger partial charge is 0.408 e. The summed E-state index contributed by atoms with van der Waals surface area (Å²) in [6.07, 6.45) is 0.206. The summed E-state index contributed by atoms with van der Waals surface area (Å²) in [7, 11) is 0. The van der Waals surface area contributed by atoms with Crippen molar-refractivity contribution in [2.45, 2.75) is 13.3 Å². The van der Waals surface area contributed by atoms with Gasteiger partial charge in [0.2, 0.25) is 0 Å². The van der Waals surface area contributed by atoms with Gasteiger partial charge in [-0.15, -0.1) is 0 Å². The Morgan fingerprint density at radius 1 is 1.53 bits per heavy atom. The largest absolute Gasteiger partial charge is 0.417 e. The van der Waals surface area contributed by atoms with E-state index in [2.05, 4.69) is 4.98 Å². The summed E-state index contributed by atoms with van der Waals surface area (Å²) < 4.78 is 4.93. The van der Waals surface area contributed by atoms with Gasteiger partial charge in [0.05, 0.1) is 5.52 Å². The Balaban J connectivity index is 2.70. The van der Waals surface area contributed by atoms with E-state index in [1.54, 1.807) is 12.1 Å². The highest BCUT2D eigenvalue weighted by Gasteiger charge is 2.10. The standard InChI is InChI=1S/C10H8ClNO3/c1-5(13)2-6-3-7(11)4-8-9(6)15-10(14)12-8/h3-4H,2H2,1H3,(H,12,14). The number of oxazole rings is 1. The van der Waals surface area contributed by atoms with Gasteiger partial charge < -0.3 is 4.42 Å². The van der Waals surface area contributed by atoms with E-state index in [-0.39, 0.29) is 12.2 Å². The highest BCUT2D eigenvalue weighted by Crippen LogP contribution is 2.22. The van der Waals surface area contributed by atoms with Crippen LogP contribution < -0.4 is 5.76 Å². The lowest BCUT2D eigenvalue weighted by Crippen LogP contribution is -1.96. The molecule has 5 heteroatoms. The van der Waals surface area contributed by atoms with Crippen LogP contribution in [0.4, 0.5) is 0 Å². The highest BCUT2D eigenvalue weighted by molar-refractivity contribution is 6.31. The van der Waals surface area contributed by atoms with Crippen LogP contribution in [0.3, 0.4) is 0 Å². The first-order chi connectivity index (χ1) is 7.06. The van der Waals surface area contributed by atoms with Gasteiger partial charge in [0.1, 0.15) is 5.78 Å². The Bertz CT molecular complexity index is 582. The molecule has 1 aromatic carbocycles. The van der Waals surface area contributed by atoms with Crippen molar-refractivity contribution in [2.75, 3.05) is 0 Å². The molecule has 0 radical (unpaired) electrons. The zero-order chi connectivity index (χ0) is 11.0. The number of halogens is 1. The molecular formula is C10H8ClNO3. The molecule has 1 heterocycles. The van der Waals surface area contributed by atoms with Gasteiger partial charge in [-0.3, -0.25) is 9.78 Å². The maximum absolute atomic E-state index is 11.0. The number of aromatic nitrogens is 1. The third-order valence-electron chi connectivity index (χ3n) is 2.00. The van der Waals surface area contributed by atoms with E-state index in [1.165, 1.54) is 6.92 Å². The maximum Gasteiger partial charge on any atom is 0.417 e. The number of fused-ring (bicyclic) bond motifs is 1. The molecule has 0 atom stereocenters. The molecule has 2 rings (SSSR count). The maximum atomic E-state index is 11.0. The molecule has 1 N–H and O–H groups in total. The number of hydrogen-bond donors (Lipinski definition) is 1. The number of Topliss-reactive ketones (excluding diaryl/α,β-unsaturated/α-hetero) is 1. The van der Waals surface area contributed by atoms with Crippen LogP contribution in [-0.4, -0.2) is 10.8 Å². The average molecular weight is 226 g/mol. The summed E-state index contributed by atoms with van der Waals surface area (Å²) in [5.74, 6) is -0.556. The number of H-pyrrole nitrogens is 1. The first-order valence-electron chi connectivity index (χ1n) is 4.37. The number of carbonyl (C=O) groups excluding carboxylic acids is 1. The molecule has 0 bridgehead atoms. The van der Waals surface area contributed by atoms with Crippen molar-refractivity contribution >= 4 is 28.5 Å². The second-order valence-electron chi connectivity index (χ2n) is 3.33. The predicted octanol–water partition coefficient (Wildman–Crippen LogP) is 1.91. The second kappa shape index (κ2) is 3.55. The number of carbonyl (C=O) groups is 1. The van der Waals surface area contributed by atoms with Crippen LogP contribution in [0.15, 0.2) is 21.3 Å². The fraction of sp³-hybridized carbons (Fsp3) is 0.200. The van der Waals surface area contributed by atoms with Gasteiger partial charge in [-0.05, 0) is 19.1 Å². The van der Waals surface area contributed by atoms with Crippen LogP contribution >= 0.6 is 11.6 Å². The summed E-state index contributed by atoms with van der Waals surface area (Å²) in [5, 5.41) is 0.468. The van der Waals surface area contributed by atoms with Crippen LogP contribution in [0.2, 0.25) is 5.02 Å². The molecule has 0 aliphatic heterocycles. The molecule has 0 fully saturated rings. The Kier molecular flexibility index (Phi) is 2.36. The lowest BCUT2D eigenvalue weighted by molar-refractivity contribution is -0.116. The van der Waals surface area contributed by atoms with E-state index in [1.807, 2.05) is 0 Å². The molecule has 4 nitrogen and oxygen atoms in total. The monoisotopic (exact) mass is 225 g/mol. The number of hydrogen-bond acceptors (Lipinski definition) is 3. The van der Waals surface area contributed by atoms with E-state index in [0.29, 0.717) is 21.7 Å². The van der Waals surface area contributed by atoms with Crippen molar-refractivity contribution in [2.24, 2.45) is 0 Å². The SMILES string of the molecule is CC(=O)Cc1cc(Cl)cc2[nH]c(=O)oc12. The number of benzene rings is 1. The number of aromatic amines is 1. The van der Waals surface area contributed by atoms with Gasteiger partial charge in [-0.1, -0.05) is 11.6 Å². The summed E-state index contributed by atoms with van der Waals surface area (Å²) >= 11 is 5.84. The normalized spacial score (nSPS) is 10.8. The van der Waals surface area contributed by atoms with Gasteiger partial charge in [-0.2, -0.15) is 0 Å². The molecule has 0 amide bonds. The van der Waals surface area contributed by atoms with Crippen LogP contribution in [0, 0.1) is 0 Å². The van der Waals surface area contributed by atoms with Gasteiger partial charge in [0.15, 0.2) is 5.58 Å². The molecule has 0 aliphatic rings. The van der Waals surface area contributed by atoms with Crippen molar-refractivity contribution in [3.8, 4) is 0 Å². The van der Waals surface area contributed by atoms with E-state index in [0.717, 1.165) is 0 Å². The molecule has 15 heavy (non-hydrogen) atoms. The summed E-state index contributed by atoms with van der Waals surface area (Å²) in [6.45, 7) is 1.47. The van der Waals surface area contributed by atoms with Gasteiger partial charge in [-0.25, -0.2) is 4.79 Å². The van der Waals surface area contributed by atoms with E-state index < -0.39 is 5.76 Å². The first-order valence-corrected chi connectivity index (χ1v) is 4.75. The highest BCUT2D eigenvalue weighted by atomic mass is 35.5. The molecule has 0 aliphatic carbocycles. The summed E-state index contributed by atoms with van der Waals surface area (Å²) in [4.78, 5) is 24.5. The Labute approximate surface area is 89.8 Å². The van der Waals surface area contributed by atoms with Gasteiger partial charge in [0, 0.05) is 17.0 Å². The van der Waals surface area contributed by atoms with Gasteiger partial charge in [0.25, 0.3) is 0 Å². The molecule has 0 saturated carbocycles. The zero-order valence-electron chi connectivity index (χ0n) is 7.96. The molecule has 1 aromatic heterocycles. The second-order valence-corrected chi connectivity index (χ2v) is 3.77. The Morgan fingerprint density at radius 2 is 2.27 bits per heavy atom. The lowest BCUT2D eigenvalue weighted by Gasteiger charge is -1.99. The Morgan fingerprint density at radius 3 is 2.93 bits per heavy atom. The molecule has 0 spiro atoms. The fourth-order valence-electron chi connectivity index (χ4n) is 1.49. The minimum absolute atomic E-state index is 0.0117. The van der Waals surface area contributed by atoms with Crippen molar-refractivity contribution in [1.29, 1.82) is 0 Å². The first kappa shape index (κ1) is 9.98. The van der Waals surface area contributed by atoms with E-state index in [9.17, 15) is 9.59 Å².